The van der Waals surface area contributed by atoms with Crippen LogP contribution < -0.4 is 5.32 Å². The van der Waals surface area contributed by atoms with Crippen LogP contribution in [0, 0.1) is 0 Å². The minimum atomic E-state index is -0.156. The number of aliphatic hydroxyl groups is 1. The van der Waals surface area contributed by atoms with Crippen molar-refractivity contribution >= 4 is 23.6 Å². The molecule has 2 N–H and O–H groups in total. The van der Waals surface area contributed by atoms with E-state index >= 15 is 0 Å². The number of carbonyl (C=O) groups is 1. The van der Waals surface area contributed by atoms with Crippen LogP contribution in [-0.2, 0) is 10.2 Å². The second-order valence-electron chi connectivity index (χ2n) is 5.18. The summed E-state index contributed by atoms with van der Waals surface area (Å²) in [5.74, 6) is 0.492. The molecule has 0 aliphatic heterocycles. The molecule has 0 aliphatic carbocycles. The maximum absolute atomic E-state index is 11.6. The molecule has 0 saturated carbocycles. The van der Waals surface area contributed by atoms with Gasteiger partial charge < -0.3 is 9.63 Å². The van der Waals surface area contributed by atoms with E-state index < -0.39 is 0 Å². The predicted octanol–water partition coefficient (Wildman–Crippen LogP) is 2.02. The number of amides is 1. The van der Waals surface area contributed by atoms with Gasteiger partial charge in [0.2, 0.25) is 11.8 Å². The van der Waals surface area contributed by atoms with E-state index in [9.17, 15) is 4.79 Å². The molecule has 1 aromatic heterocycles. The third-order valence-corrected chi connectivity index (χ3v) is 3.44. The molecule has 18 heavy (non-hydrogen) atoms. The van der Waals surface area contributed by atoms with Gasteiger partial charge in [-0.25, -0.2) is 0 Å². The first-order valence-corrected chi connectivity index (χ1v) is 6.87. The zero-order valence-corrected chi connectivity index (χ0v) is 12.0. The second kappa shape index (κ2) is 6.24. The minimum absolute atomic E-state index is 0.0515. The summed E-state index contributed by atoms with van der Waals surface area (Å²) in [5, 5.41) is 15.5. The van der Waals surface area contributed by atoms with Crippen molar-refractivity contribution in [3.05, 3.63) is 11.8 Å². The smallest absolute Gasteiger partial charge is 0.236 e. The van der Waals surface area contributed by atoms with E-state index in [4.69, 9.17) is 9.63 Å². The largest absolute Gasteiger partial charge is 0.395 e. The van der Waals surface area contributed by atoms with Crippen molar-refractivity contribution in [2.45, 2.75) is 38.4 Å². The molecule has 0 saturated heterocycles. The fraction of sp³-hybridized carbons (Fsp3) is 0.667. The topological polar surface area (TPSA) is 75.4 Å². The molecular weight excluding hydrogens is 252 g/mol. The minimum Gasteiger partial charge on any atom is -0.395 e. The third kappa shape index (κ3) is 4.70. The van der Waals surface area contributed by atoms with Crippen molar-refractivity contribution in [2.75, 3.05) is 17.7 Å². The number of hydrogen-bond acceptors (Lipinski definition) is 5. The van der Waals surface area contributed by atoms with Crippen molar-refractivity contribution in [1.29, 1.82) is 0 Å². The van der Waals surface area contributed by atoms with E-state index in [1.165, 1.54) is 11.8 Å². The van der Waals surface area contributed by atoms with Crippen LogP contribution in [0.4, 0.5) is 5.88 Å². The maximum atomic E-state index is 11.6. The van der Waals surface area contributed by atoms with Gasteiger partial charge in [0.05, 0.1) is 18.1 Å². The highest BCUT2D eigenvalue weighted by Gasteiger charge is 2.19. The highest BCUT2D eigenvalue weighted by Crippen LogP contribution is 2.23. The summed E-state index contributed by atoms with van der Waals surface area (Å²) in [7, 11) is 0. The molecule has 1 atom stereocenters. The lowest BCUT2D eigenvalue weighted by Crippen LogP contribution is -2.16. The van der Waals surface area contributed by atoms with Crippen LogP contribution in [0.1, 0.15) is 33.4 Å². The molecule has 1 aromatic rings. The number of thioether (sulfide) groups is 1. The maximum Gasteiger partial charge on any atom is 0.236 e. The van der Waals surface area contributed by atoms with Gasteiger partial charge in [0.1, 0.15) is 0 Å². The first kappa shape index (κ1) is 15.0. The number of aliphatic hydroxyl groups excluding tert-OH is 1. The lowest BCUT2D eigenvalue weighted by atomic mass is 9.92. The van der Waals surface area contributed by atoms with Crippen LogP contribution in [0.3, 0.4) is 0 Å². The van der Waals surface area contributed by atoms with Crippen LogP contribution in [-0.4, -0.2) is 33.8 Å². The molecule has 1 rings (SSSR count). The zero-order chi connectivity index (χ0) is 13.8. The Hall–Kier alpha value is -1.01. The second-order valence-corrected chi connectivity index (χ2v) is 6.61. The van der Waals surface area contributed by atoms with Crippen molar-refractivity contribution in [2.24, 2.45) is 0 Å². The molecular formula is C12H20N2O3S. The first-order chi connectivity index (χ1) is 8.32. The number of hydrogen-bond donors (Lipinski definition) is 2. The van der Waals surface area contributed by atoms with Gasteiger partial charge in [0.25, 0.3) is 0 Å². The number of nitrogens with one attached hydrogen (secondary N) is 1. The number of nitrogens with zero attached hydrogens (tertiary/aromatic N) is 1. The van der Waals surface area contributed by atoms with Gasteiger partial charge in [-0.15, -0.1) is 11.8 Å². The Morgan fingerprint density at radius 3 is 2.78 bits per heavy atom. The van der Waals surface area contributed by atoms with Gasteiger partial charge in [0, 0.05) is 16.7 Å². The zero-order valence-electron chi connectivity index (χ0n) is 11.2. The highest BCUT2D eigenvalue weighted by molar-refractivity contribution is 8.00. The van der Waals surface area contributed by atoms with Gasteiger partial charge in [-0.3, -0.25) is 10.1 Å². The van der Waals surface area contributed by atoms with Crippen LogP contribution >= 0.6 is 11.8 Å². The lowest BCUT2D eigenvalue weighted by Gasteiger charge is -2.12. The van der Waals surface area contributed by atoms with E-state index in [2.05, 4.69) is 10.5 Å². The molecule has 0 radical (unpaired) electrons. The Morgan fingerprint density at radius 2 is 2.28 bits per heavy atom. The molecule has 0 spiro atoms. The number of anilines is 1. The van der Waals surface area contributed by atoms with Crippen molar-refractivity contribution in [3.63, 3.8) is 0 Å². The van der Waals surface area contributed by atoms with Gasteiger partial charge >= 0.3 is 0 Å². The van der Waals surface area contributed by atoms with Gasteiger partial charge in [-0.1, -0.05) is 32.9 Å². The van der Waals surface area contributed by atoms with Gasteiger partial charge in [-0.05, 0) is 0 Å². The average Bonchev–Trinajstić information content (AvgIpc) is 2.74. The third-order valence-electron chi connectivity index (χ3n) is 2.30. The Kier molecular flexibility index (Phi) is 5.22. The standard InChI is InChI=1S/C12H20N2O3S/c1-8(6-15)18-7-10(16)13-11-5-9(14-17-11)12(2,3)4/h5,8,15H,6-7H2,1-4H3,(H,13,16). The van der Waals surface area contributed by atoms with E-state index in [1.54, 1.807) is 6.07 Å². The van der Waals surface area contributed by atoms with Crippen LogP contribution in [0.5, 0.6) is 0 Å². The SMILES string of the molecule is CC(CO)SCC(=O)Nc1cc(C(C)(C)C)no1. The average molecular weight is 272 g/mol. The van der Waals surface area contributed by atoms with Crippen molar-refractivity contribution in [3.8, 4) is 0 Å². The summed E-state index contributed by atoms with van der Waals surface area (Å²) >= 11 is 1.39. The summed E-state index contributed by atoms with van der Waals surface area (Å²) in [4.78, 5) is 11.6. The Morgan fingerprint density at radius 1 is 1.61 bits per heavy atom. The van der Waals surface area contributed by atoms with Crippen LogP contribution in [0.2, 0.25) is 0 Å². The summed E-state index contributed by atoms with van der Waals surface area (Å²) < 4.78 is 5.05. The Labute approximate surface area is 111 Å². The summed E-state index contributed by atoms with van der Waals surface area (Å²) in [6.07, 6.45) is 0. The number of carbonyl (C=O) groups excluding carboxylic acids is 1. The summed E-state index contributed by atoms with van der Waals surface area (Å²) in [5.41, 5.74) is 0.696. The molecule has 0 aliphatic rings. The molecule has 1 amide bonds. The van der Waals surface area contributed by atoms with E-state index in [0.29, 0.717) is 5.88 Å². The normalized spacial score (nSPS) is 13.4. The van der Waals surface area contributed by atoms with Crippen molar-refractivity contribution < 1.29 is 14.4 Å². The summed E-state index contributed by atoms with van der Waals surface area (Å²) in [6.45, 7) is 8.00. The quantitative estimate of drug-likeness (QED) is 0.857. The molecule has 1 unspecified atom stereocenters. The molecule has 5 nitrogen and oxygen atoms in total. The monoisotopic (exact) mass is 272 g/mol. The Bertz CT molecular complexity index is 398. The predicted molar refractivity (Wildman–Crippen MR) is 72.8 cm³/mol. The van der Waals surface area contributed by atoms with Gasteiger partial charge in [0.15, 0.2) is 0 Å². The summed E-state index contributed by atoms with van der Waals surface area (Å²) in [6, 6.07) is 1.73. The Balaban J connectivity index is 2.48. The van der Waals surface area contributed by atoms with Crippen LogP contribution in [0.15, 0.2) is 10.6 Å². The van der Waals surface area contributed by atoms with Gasteiger partial charge in [-0.2, -0.15) is 0 Å². The van der Waals surface area contributed by atoms with Crippen molar-refractivity contribution in [1.82, 2.24) is 5.16 Å². The molecule has 1 heterocycles. The fourth-order valence-electron chi connectivity index (χ4n) is 1.13. The first-order valence-electron chi connectivity index (χ1n) is 5.82. The molecule has 0 fully saturated rings. The molecule has 102 valence electrons. The molecule has 0 aromatic carbocycles. The number of aromatic nitrogens is 1. The van der Waals surface area contributed by atoms with E-state index in [-0.39, 0.29) is 28.9 Å². The molecule has 6 heteroatoms. The lowest BCUT2D eigenvalue weighted by molar-refractivity contribution is -0.113. The molecule has 0 bridgehead atoms. The van der Waals surface area contributed by atoms with E-state index in [0.717, 1.165) is 5.69 Å². The van der Waals surface area contributed by atoms with E-state index in [1.807, 2.05) is 27.7 Å². The number of rotatable bonds is 5. The van der Waals surface area contributed by atoms with Crippen LogP contribution in [0.25, 0.3) is 0 Å². The fourth-order valence-corrected chi connectivity index (χ4v) is 1.75. The highest BCUT2D eigenvalue weighted by atomic mass is 32.2.